The summed E-state index contributed by atoms with van der Waals surface area (Å²) in [6.45, 7) is 9.99. The summed E-state index contributed by atoms with van der Waals surface area (Å²) in [5.74, 6) is 0. The molecule has 0 bridgehead atoms. The van der Waals surface area contributed by atoms with Gasteiger partial charge < -0.3 is 0 Å². The molecule has 0 saturated heterocycles. The zero-order chi connectivity index (χ0) is 21.3. The Morgan fingerprint density at radius 3 is 1.42 bits per heavy atom. The van der Waals surface area contributed by atoms with Crippen molar-refractivity contribution in [3.05, 3.63) is 106 Å². The molecule has 0 aromatic heterocycles. The number of benzene rings is 4. The smallest absolute Gasteiger partial charge is 0.0679 e. The monoisotopic (exact) mass is 416 g/mol. The normalized spacial score (nSPS) is 20.0. The lowest BCUT2D eigenvalue weighted by Crippen LogP contribution is -2.42. The number of fused-ring (bicyclic) bond motifs is 6. The third-order valence-electron chi connectivity index (χ3n) is 7.75. The fraction of sp³-hybridized carbons (Fsp3) is 0.200. The summed E-state index contributed by atoms with van der Waals surface area (Å²) in [6, 6.07) is 27.2. The van der Waals surface area contributed by atoms with E-state index in [9.17, 15) is 0 Å². The van der Waals surface area contributed by atoms with Gasteiger partial charge in [0.05, 0.1) is 8.07 Å². The molecule has 1 heteroatoms. The summed E-state index contributed by atoms with van der Waals surface area (Å²) >= 11 is 0. The van der Waals surface area contributed by atoms with E-state index in [2.05, 4.69) is 112 Å². The number of allylic oxidation sites excluding steroid dienone is 2. The maximum Gasteiger partial charge on any atom is 0.0722 e. The molecule has 0 saturated carbocycles. The molecule has 0 heterocycles. The van der Waals surface area contributed by atoms with Gasteiger partial charge in [-0.15, -0.1) is 0 Å². The van der Waals surface area contributed by atoms with Crippen molar-refractivity contribution in [1.82, 2.24) is 0 Å². The average Bonchev–Trinajstić information content (AvgIpc) is 3.30. The van der Waals surface area contributed by atoms with Gasteiger partial charge in [-0.25, -0.2) is 0 Å². The topological polar surface area (TPSA) is 0 Å². The predicted molar refractivity (Wildman–Crippen MR) is 138 cm³/mol. The molecule has 0 amide bonds. The number of hydrogen-bond donors (Lipinski definition) is 0. The fourth-order valence-electron chi connectivity index (χ4n) is 6.72. The Hall–Kier alpha value is -2.90. The molecule has 31 heavy (non-hydrogen) atoms. The van der Waals surface area contributed by atoms with Gasteiger partial charge >= 0.3 is 0 Å². The molecule has 2 atom stereocenters. The highest BCUT2D eigenvalue weighted by Gasteiger charge is 2.47. The molecule has 4 aromatic rings. The molecule has 0 unspecified atom stereocenters. The van der Waals surface area contributed by atoms with E-state index < -0.39 is 8.07 Å². The largest absolute Gasteiger partial charge is 0.0722 e. The molecule has 0 fully saturated rings. The molecule has 0 N–H and O–H groups in total. The highest BCUT2D eigenvalue weighted by Crippen LogP contribution is 2.54. The van der Waals surface area contributed by atoms with E-state index in [1.807, 2.05) is 0 Å². The molecule has 0 radical (unpaired) electrons. The van der Waals surface area contributed by atoms with Crippen molar-refractivity contribution in [2.75, 3.05) is 0 Å². The molecular formula is C30H28Si. The summed E-state index contributed by atoms with van der Waals surface area (Å²) in [5.41, 5.74) is 10.2. The van der Waals surface area contributed by atoms with Crippen molar-refractivity contribution in [2.45, 2.75) is 38.0 Å². The van der Waals surface area contributed by atoms with Crippen LogP contribution in [0.4, 0.5) is 0 Å². The van der Waals surface area contributed by atoms with Crippen LogP contribution in [0.15, 0.2) is 83.9 Å². The Bertz CT molecular complexity index is 1320. The van der Waals surface area contributed by atoms with Crippen LogP contribution in [0.3, 0.4) is 0 Å². The molecule has 152 valence electrons. The lowest BCUT2D eigenvalue weighted by atomic mass is 9.99. The quantitative estimate of drug-likeness (QED) is 0.287. The van der Waals surface area contributed by atoms with Crippen molar-refractivity contribution < 1.29 is 0 Å². The number of rotatable bonds is 2. The zero-order valence-electron chi connectivity index (χ0n) is 18.7. The maximum atomic E-state index is 2.63. The van der Waals surface area contributed by atoms with Gasteiger partial charge in [0.25, 0.3) is 0 Å². The Kier molecular flexibility index (Phi) is 3.98. The highest BCUT2D eigenvalue weighted by molar-refractivity contribution is 6.82. The van der Waals surface area contributed by atoms with Crippen molar-refractivity contribution in [2.24, 2.45) is 0 Å². The molecule has 2 aliphatic rings. The van der Waals surface area contributed by atoms with Crippen LogP contribution < -0.4 is 0 Å². The highest BCUT2D eigenvalue weighted by atomic mass is 28.3. The average molecular weight is 417 g/mol. The third kappa shape index (κ3) is 2.60. The van der Waals surface area contributed by atoms with Crippen LogP contribution in [0.2, 0.25) is 13.1 Å². The van der Waals surface area contributed by atoms with E-state index in [4.69, 9.17) is 0 Å². The molecule has 0 spiro atoms. The fourth-order valence-corrected chi connectivity index (χ4v) is 11.7. The first-order valence-corrected chi connectivity index (χ1v) is 14.5. The SMILES string of the molecule is CC1=Cc2ccc3ccccc3c2[C@H]1[Si](C)(C)[C@H]1C(C)=Cc2ccc3ccccc3c21. The summed E-state index contributed by atoms with van der Waals surface area (Å²) < 4.78 is 0. The third-order valence-corrected chi connectivity index (χ3v) is 12.2. The molecule has 2 aliphatic carbocycles. The Balaban J connectivity index is 1.59. The van der Waals surface area contributed by atoms with Crippen LogP contribution in [0, 0.1) is 0 Å². The van der Waals surface area contributed by atoms with Gasteiger partial charge in [-0.05, 0) is 57.6 Å². The van der Waals surface area contributed by atoms with Crippen molar-refractivity contribution in [3.63, 3.8) is 0 Å². The lowest BCUT2D eigenvalue weighted by molar-refractivity contribution is 0.979. The van der Waals surface area contributed by atoms with E-state index in [-0.39, 0.29) is 0 Å². The van der Waals surface area contributed by atoms with Crippen molar-refractivity contribution >= 4 is 41.8 Å². The van der Waals surface area contributed by atoms with Crippen molar-refractivity contribution in [3.8, 4) is 0 Å². The summed E-state index contributed by atoms with van der Waals surface area (Å²) in [6.07, 6.45) is 4.92. The first-order valence-electron chi connectivity index (χ1n) is 11.4. The second-order valence-corrected chi connectivity index (χ2v) is 14.8. The minimum absolute atomic E-state index is 0.534. The second kappa shape index (κ2) is 6.55. The number of hydrogen-bond acceptors (Lipinski definition) is 0. The molecule has 6 rings (SSSR count). The minimum Gasteiger partial charge on any atom is -0.0679 e. The Labute approximate surface area is 185 Å². The molecule has 0 aliphatic heterocycles. The van der Waals surface area contributed by atoms with Gasteiger partial charge in [0.15, 0.2) is 0 Å². The molecule has 4 aromatic carbocycles. The standard InChI is InChI=1S/C30H28Si/c1-19-17-23-15-13-21-9-5-7-11-25(21)27(23)29(19)31(3,4)30-20(2)18-24-16-14-22-10-6-8-12-26(22)28(24)30/h5-18,29-30H,1-4H3/t29-,30-/m0/s1. The van der Waals surface area contributed by atoms with Crippen molar-refractivity contribution in [1.29, 1.82) is 0 Å². The summed E-state index contributed by atoms with van der Waals surface area (Å²) in [4.78, 5) is 0. The zero-order valence-corrected chi connectivity index (χ0v) is 19.7. The predicted octanol–water partition coefficient (Wildman–Crippen LogP) is 8.48. The van der Waals surface area contributed by atoms with E-state index >= 15 is 0 Å². The van der Waals surface area contributed by atoms with Gasteiger partial charge in [-0.1, -0.05) is 109 Å². The maximum absolute atomic E-state index is 2.63. The van der Waals surface area contributed by atoms with Crippen LogP contribution in [0.5, 0.6) is 0 Å². The Morgan fingerprint density at radius 1 is 0.548 bits per heavy atom. The van der Waals surface area contributed by atoms with Gasteiger partial charge in [-0.3, -0.25) is 0 Å². The van der Waals surface area contributed by atoms with Gasteiger partial charge in [0, 0.05) is 11.1 Å². The van der Waals surface area contributed by atoms with Crippen LogP contribution >= 0.6 is 0 Å². The van der Waals surface area contributed by atoms with Crippen LogP contribution in [-0.2, 0) is 0 Å². The minimum atomic E-state index is -1.84. The van der Waals surface area contributed by atoms with E-state index in [1.165, 1.54) is 32.7 Å². The Morgan fingerprint density at radius 2 is 0.968 bits per heavy atom. The van der Waals surface area contributed by atoms with Crippen LogP contribution in [-0.4, -0.2) is 8.07 Å². The van der Waals surface area contributed by atoms with Gasteiger partial charge in [0.2, 0.25) is 0 Å². The van der Waals surface area contributed by atoms with Crippen LogP contribution in [0.25, 0.3) is 33.7 Å². The first kappa shape index (κ1) is 18.8. The van der Waals surface area contributed by atoms with Crippen LogP contribution in [0.1, 0.15) is 47.2 Å². The van der Waals surface area contributed by atoms with E-state index in [0.717, 1.165) is 0 Å². The first-order chi connectivity index (χ1) is 15.0. The second-order valence-electron chi connectivity index (χ2n) is 10.0. The summed E-state index contributed by atoms with van der Waals surface area (Å²) in [5, 5.41) is 5.61. The molecular weight excluding hydrogens is 388 g/mol. The summed E-state index contributed by atoms with van der Waals surface area (Å²) in [7, 11) is -1.84. The van der Waals surface area contributed by atoms with Gasteiger partial charge in [-0.2, -0.15) is 0 Å². The lowest BCUT2D eigenvalue weighted by Gasteiger charge is -2.39. The van der Waals surface area contributed by atoms with E-state index in [0.29, 0.717) is 11.1 Å². The van der Waals surface area contributed by atoms with Gasteiger partial charge in [0.1, 0.15) is 0 Å². The van der Waals surface area contributed by atoms with E-state index in [1.54, 1.807) is 22.3 Å². The molecule has 0 nitrogen and oxygen atoms in total.